The van der Waals surface area contributed by atoms with Gasteiger partial charge in [0, 0.05) is 23.6 Å². The highest BCUT2D eigenvalue weighted by molar-refractivity contribution is 8.26. The summed E-state index contributed by atoms with van der Waals surface area (Å²) >= 11 is 12.3. The van der Waals surface area contributed by atoms with Crippen molar-refractivity contribution in [1.82, 2.24) is 15.8 Å². The van der Waals surface area contributed by atoms with E-state index in [1.54, 1.807) is 30.3 Å². The van der Waals surface area contributed by atoms with Crippen molar-refractivity contribution >= 4 is 63.7 Å². The number of aryl methyl sites for hydroxylation is 1. The summed E-state index contributed by atoms with van der Waals surface area (Å²) in [6.45, 7) is 2.12. The average Bonchev–Trinajstić information content (AvgIpc) is 2.99. The first-order valence-electron chi connectivity index (χ1n) is 9.00. The molecule has 0 atom stereocenters. The fourth-order valence-corrected chi connectivity index (χ4v) is 4.02. The summed E-state index contributed by atoms with van der Waals surface area (Å²) in [4.78, 5) is 38.6. The SMILES string of the molecule is Cc1ccc(C=C2SC(=S)N(CCC(=O)NNC(=O)c3ccc(Cl)cc3)C2=O)cc1. The van der Waals surface area contributed by atoms with E-state index in [1.165, 1.54) is 16.7 Å². The lowest BCUT2D eigenvalue weighted by Gasteiger charge is -2.14. The van der Waals surface area contributed by atoms with Gasteiger partial charge in [0.2, 0.25) is 5.91 Å². The van der Waals surface area contributed by atoms with E-state index in [9.17, 15) is 14.4 Å². The van der Waals surface area contributed by atoms with Gasteiger partial charge in [-0.25, -0.2) is 0 Å². The van der Waals surface area contributed by atoms with E-state index in [1.807, 2.05) is 31.2 Å². The van der Waals surface area contributed by atoms with Gasteiger partial charge in [-0.1, -0.05) is 65.4 Å². The monoisotopic (exact) mass is 459 g/mol. The molecule has 154 valence electrons. The zero-order valence-electron chi connectivity index (χ0n) is 16.0. The second-order valence-corrected chi connectivity index (χ2v) is 8.62. The van der Waals surface area contributed by atoms with E-state index in [0.717, 1.165) is 11.1 Å². The first-order chi connectivity index (χ1) is 14.3. The molecule has 1 heterocycles. The number of halogens is 1. The first-order valence-corrected chi connectivity index (χ1v) is 10.6. The van der Waals surface area contributed by atoms with E-state index in [-0.39, 0.29) is 18.9 Å². The smallest absolute Gasteiger partial charge is 0.269 e. The number of hydrazine groups is 1. The summed E-state index contributed by atoms with van der Waals surface area (Å²) in [5, 5.41) is 0.510. The highest BCUT2D eigenvalue weighted by atomic mass is 35.5. The van der Waals surface area contributed by atoms with Gasteiger partial charge in [-0.05, 0) is 42.8 Å². The van der Waals surface area contributed by atoms with Crippen molar-refractivity contribution in [1.29, 1.82) is 0 Å². The Morgan fingerprint density at radius 2 is 1.77 bits per heavy atom. The number of nitrogens with zero attached hydrogens (tertiary/aromatic N) is 1. The van der Waals surface area contributed by atoms with Crippen LogP contribution in [0.3, 0.4) is 0 Å². The molecule has 0 spiro atoms. The molecule has 2 aromatic carbocycles. The van der Waals surface area contributed by atoms with Crippen LogP contribution in [-0.4, -0.2) is 33.5 Å². The summed E-state index contributed by atoms with van der Waals surface area (Å²) in [5.74, 6) is -1.14. The Morgan fingerprint density at radius 1 is 1.10 bits per heavy atom. The summed E-state index contributed by atoms with van der Waals surface area (Å²) in [6.07, 6.45) is 1.77. The van der Waals surface area contributed by atoms with Crippen molar-refractivity contribution in [3.63, 3.8) is 0 Å². The number of thioether (sulfide) groups is 1. The normalized spacial score (nSPS) is 14.9. The number of nitrogens with one attached hydrogen (secondary N) is 2. The number of carbonyl (C=O) groups is 3. The molecule has 3 amide bonds. The molecule has 1 saturated heterocycles. The lowest BCUT2D eigenvalue weighted by Crippen LogP contribution is -2.43. The number of benzene rings is 2. The molecule has 0 aromatic heterocycles. The Hall–Kier alpha value is -2.68. The van der Waals surface area contributed by atoms with Gasteiger partial charge in [-0.2, -0.15) is 0 Å². The van der Waals surface area contributed by atoms with Crippen molar-refractivity contribution in [2.45, 2.75) is 13.3 Å². The number of hydrogen-bond acceptors (Lipinski definition) is 5. The number of rotatable bonds is 5. The Labute approximate surface area is 188 Å². The van der Waals surface area contributed by atoms with Crippen LogP contribution in [0.2, 0.25) is 5.02 Å². The van der Waals surface area contributed by atoms with E-state index < -0.39 is 11.8 Å². The third-order valence-corrected chi connectivity index (χ3v) is 5.86. The Balaban J connectivity index is 1.51. The van der Waals surface area contributed by atoms with Crippen molar-refractivity contribution in [2.75, 3.05) is 6.54 Å². The van der Waals surface area contributed by atoms with Gasteiger partial charge >= 0.3 is 0 Å². The molecule has 1 fully saturated rings. The minimum Gasteiger partial charge on any atom is -0.292 e. The van der Waals surface area contributed by atoms with Crippen molar-refractivity contribution in [2.24, 2.45) is 0 Å². The number of amides is 3. The second kappa shape index (κ2) is 9.88. The van der Waals surface area contributed by atoms with Gasteiger partial charge in [0.15, 0.2) is 0 Å². The standard InChI is InChI=1S/C21H18ClN3O3S2/c1-13-2-4-14(5-3-13)12-17-20(28)25(21(29)30-17)11-10-18(26)23-24-19(27)15-6-8-16(22)9-7-15/h2-9,12H,10-11H2,1H3,(H,23,26)(H,24,27). The number of carbonyl (C=O) groups excluding carboxylic acids is 3. The van der Waals surface area contributed by atoms with Crippen LogP contribution in [0.5, 0.6) is 0 Å². The maximum absolute atomic E-state index is 12.6. The molecule has 1 aliphatic rings. The van der Waals surface area contributed by atoms with Gasteiger partial charge in [0.25, 0.3) is 11.8 Å². The van der Waals surface area contributed by atoms with Crippen molar-refractivity contribution in [3.8, 4) is 0 Å². The van der Waals surface area contributed by atoms with E-state index in [0.29, 0.717) is 19.8 Å². The molecule has 2 aromatic rings. The molecule has 0 unspecified atom stereocenters. The summed E-state index contributed by atoms with van der Waals surface area (Å²) in [6, 6.07) is 14.0. The minimum atomic E-state index is -0.466. The average molecular weight is 460 g/mol. The zero-order valence-corrected chi connectivity index (χ0v) is 18.4. The highest BCUT2D eigenvalue weighted by Crippen LogP contribution is 2.32. The molecule has 0 saturated carbocycles. The van der Waals surface area contributed by atoms with Crippen molar-refractivity contribution < 1.29 is 14.4 Å². The molecule has 6 nitrogen and oxygen atoms in total. The van der Waals surface area contributed by atoms with Crippen LogP contribution < -0.4 is 10.9 Å². The quantitative estimate of drug-likeness (QED) is 0.405. The molecule has 3 rings (SSSR count). The summed E-state index contributed by atoms with van der Waals surface area (Å²) < 4.78 is 0.399. The van der Waals surface area contributed by atoms with Gasteiger partial charge in [-0.3, -0.25) is 30.1 Å². The topological polar surface area (TPSA) is 78.5 Å². The molecule has 2 N–H and O–H groups in total. The van der Waals surface area contributed by atoms with E-state index in [4.69, 9.17) is 23.8 Å². The number of hydrogen-bond donors (Lipinski definition) is 2. The van der Waals surface area contributed by atoms with Crippen LogP contribution in [0, 0.1) is 6.92 Å². The molecular formula is C21H18ClN3O3S2. The lowest BCUT2D eigenvalue weighted by atomic mass is 10.1. The van der Waals surface area contributed by atoms with Gasteiger partial charge in [0.1, 0.15) is 4.32 Å². The fourth-order valence-electron chi connectivity index (χ4n) is 2.58. The van der Waals surface area contributed by atoms with Crippen LogP contribution in [0.1, 0.15) is 27.9 Å². The first kappa shape index (κ1) is 22.0. The van der Waals surface area contributed by atoms with E-state index in [2.05, 4.69) is 10.9 Å². The third-order valence-electron chi connectivity index (χ3n) is 4.23. The van der Waals surface area contributed by atoms with Crippen LogP contribution >= 0.6 is 35.6 Å². The predicted octanol–water partition coefficient (Wildman–Crippen LogP) is 3.70. The van der Waals surface area contributed by atoms with Crippen LogP contribution in [-0.2, 0) is 9.59 Å². The molecule has 0 radical (unpaired) electrons. The number of thiocarbonyl (C=S) groups is 1. The molecule has 30 heavy (non-hydrogen) atoms. The summed E-state index contributed by atoms with van der Waals surface area (Å²) in [7, 11) is 0. The predicted molar refractivity (Wildman–Crippen MR) is 123 cm³/mol. The molecular weight excluding hydrogens is 442 g/mol. The lowest BCUT2D eigenvalue weighted by molar-refractivity contribution is -0.124. The van der Waals surface area contributed by atoms with Gasteiger partial charge in [0.05, 0.1) is 4.91 Å². The molecule has 9 heteroatoms. The summed E-state index contributed by atoms with van der Waals surface area (Å²) in [5.41, 5.74) is 7.06. The zero-order chi connectivity index (χ0) is 21.7. The van der Waals surface area contributed by atoms with Crippen LogP contribution in [0.25, 0.3) is 6.08 Å². The fraction of sp³-hybridized carbons (Fsp3) is 0.143. The molecule has 0 bridgehead atoms. The third kappa shape index (κ3) is 5.69. The maximum Gasteiger partial charge on any atom is 0.269 e. The highest BCUT2D eigenvalue weighted by Gasteiger charge is 2.32. The minimum absolute atomic E-state index is 0.00878. The Kier molecular flexibility index (Phi) is 7.25. The molecule has 1 aliphatic heterocycles. The van der Waals surface area contributed by atoms with Crippen LogP contribution in [0.15, 0.2) is 53.4 Å². The maximum atomic E-state index is 12.6. The van der Waals surface area contributed by atoms with Gasteiger partial charge < -0.3 is 0 Å². The Bertz CT molecular complexity index is 1020. The van der Waals surface area contributed by atoms with Gasteiger partial charge in [-0.15, -0.1) is 0 Å². The second-order valence-electron chi connectivity index (χ2n) is 6.50. The van der Waals surface area contributed by atoms with Crippen molar-refractivity contribution in [3.05, 3.63) is 75.1 Å². The Morgan fingerprint density at radius 3 is 2.43 bits per heavy atom. The largest absolute Gasteiger partial charge is 0.292 e. The molecule has 0 aliphatic carbocycles. The van der Waals surface area contributed by atoms with E-state index >= 15 is 0 Å². The van der Waals surface area contributed by atoms with Crippen LogP contribution in [0.4, 0.5) is 0 Å².